The Bertz CT molecular complexity index is 884. The molecule has 0 spiro atoms. The summed E-state index contributed by atoms with van der Waals surface area (Å²) >= 11 is 0. The lowest BCUT2D eigenvalue weighted by atomic mass is 9.79. The quantitative estimate of drug-likeness (QED) is 0.451. The van der Waals surface area contributed by atoms with Crippen LogP contribution in [0.3, 0.4) is 0 Å². The van der Waals surface area contributed by atoms with Crippen LogP contribution in [0.15, 0.2) is 46.8 Å². The van der Waals surface area contributed by atoms with E-state index in [2.05, 4.69) is 0 Å². The van der Waals surface area contributed by atoms with Crippen LogP contribution in [0.2, 0.25) is 0 Å². The molecule has 0 saturated carbocycles. The number of carbonyl (C=O) groups is 2. The highest BCUT2D eigenvalue weighted by atomic mass is 16.6. The Morgan fingerprint density at radius 3 is 2.32 bits per heavy atom. The lowest BCUT2D eigenvalue weighted by molar-refractivity contribution is -0.385. The third-order valence-electron chi connectivity index (χ3n) is 4.81. The Kier molecular flexibility index (Phi) is 6.23. The second-order valence-corrected chi connectivity index (χ2v) is 7.10. The van der Waals surface area contributed by atoms with Gasteiger partial charge in [-0.15, -0.1) is 0 Å². The Hall–Kier alpha value is -3.16. The van der Waals surface area contributed by atoms with Gasteiger partial charge in [0.2, 0.25) is 0 Å². The van der Waals surface area contributed by atoms with Crippen molar-refractivity contribution < 1.29 is 24.4 Å². The highest BCUT2D eigenvalue weighted by molar-refractivity contribution is 5.99. The van der Waals surface area contributed by atoms with Gasteiger partial charge in [-0.1, -0.05) is 32.0 Å². The third kappa shape index (κ3) is 3.90. The van der Waals surface area contributed by atoms with Gasteiger partial charge in [-0.25, -0.2) is 9.59 Å². The maximum Gasteiger partial charge on any atom is 0.336 e. The van der Waals surface area contributed by atoms with Crippen LogP contribution >= 0.6 is 0 Å². The lowest BCUT2D eigenvalue weighted by Crippen LogP contribution is -2.33. The summed E-state index contributed by atoms with van der Waals surface area (Å²) in [5, 5.41) is 21.4. The lowest BCUT2D eigenvalue weighted by Gasteiger charge is -2.35. The van der Waals surface area contributed by atoms with E-state index in [0.29, 0.717) is 11.4 Å². The summed E-state index contributed by atoms with van der Waals surface area (Å²) in [6.45, 7) is 7.22. The summed E-state index contributed by atoms with van der Waals surface area (Å²) in [5.41, 5.74) is 0.825. The summed E-state index contributed by atoms with van der Waals surface area (Å²) in [5.74, 6) is -2.93. The maximum absolute atomic E-state index is 12.9. The van der Waals surface area contributed by atoms with Crippen molar-refractivity contribution in [2.24, 2.45) is 5.92 Å². The molecule has 1 aromatic carbocycles. The van der Waals surface area contributed by atoms with Crippen molar-refractivity contribution in [1.82, 2.24) is 4.90 Å². The standard InChI is InChI=1S/C20H24N2O6/c1-11(2)10-28-20(25)17-13(4)21(5)12(3)16(19(23)24)18(17)14-8-6-7-9-15(14)22(26)27/h6-9,11,18H,10H2,1-5H3,(H,23,24). The minimum Gasteiger partial charge on any atom is -0.478 e. The van der Waals surface area contributed by atoms with Gasteiger partial charge in [0.15, 0.2) is 0 Å². The molecule has 1 unspecified atom stereocenters. The Labute approximate surface area is 163 Å². The fourth-order valence-corrected chi connectivity index (χ4v) is 3.25. The molecule has 8 nitrogen and oxygen atoms in total. The number of hydrogen-bond acceptors (Lipinski definition) is 6. The van der Waals surface area contributed by atoms with Crippen LogP contribution in [0, 0.1) is 16.0 Å². The van der Waals surface area contributed by atoms with Crippen LogP contribution in [-0.2, 0) is 14.3 Å². The summed E-state index contributed by atoms with van der Waals surface area (Å²) in [7, 11) is 1.65. The predicted molar refractivity (Wildman–Crippen MR) is 102 cm³/mol. The molecule has 1 atom stereocenters. The molecule has 0 radical (unpaired) electrons. The van der Waals surface area contributed by atoms with E-state index in [-0.39, 0.29) is 34.9 Å². The molecule has 0 fully saturated rings. The van der Waals surface area contributed by atoms with Gasteiger partial charge in [0.1, 0.15) is 0 Å². The minimum absolute atomic E-state index is 0.0844. The number of nitrogens with zero attached hydrogens (tertiary/aromatic N) is 2. The van der Waals surface area contributed by atoms with E-state index in [1.54, 1.807) is 31.9 Å². The van der Waals surface area contributed by atoms with Crippen molar-refractivity contribution in [3.8, 4) is 0 Å². The number of benzene rings is 1. The van der Waals surface area contributed by atoms with Crippen LogP contribution in [0.25, 0.3) is 0 Å². The average Bonchev–Trinajstić information content (AvgIpc) is 2.63. The number of aliphatic carboxylic acids is 1. The first-order valence-electron chi connectivity index (χ1n) is 8.86. The van der Waals surface area contributed by atoms with Crippen LogP contribution in [-0.4, -0.2) is 40.5 Å². The van der Waals surface area contributed by atoms with E-state index in [4.69, 9.17) is 4.74 Å². The number of rotatable bonds is 6. The van der Waals surface area contributed by atoms with Crippen LogP contribution in [0.4, 0.5) is 5.69 Å². The van der Waals surface area contributed by atoms with E-state index in [1.807, 2.05) is 13.8 Å². The Morgan fingerprint density at radius 1 is 1.21 bits per heavy atom. The molecular formula is C20H24N2O6. The molecule has 0 aromatic heterocycles. The van der Waals surface area contributed by atoms with E-state index in [0.717, 1.165) is 0 Å². The first-order valence-corrected chi connectivity index (χ1v) is 8.86. The number of carboxylic acids is 1. The number of carbonyl (C=O) groups excluding carboxylic acids is 1. The van der Waals surface area contributed by atoms with Gasteiger partial charge in [-0.2, -0.15) is 0 Å². The molecule has 1 aliphatic rings. The number of hydrogen-bond donors (Lipinski definition) is 1. The molecule has 2 rings (SSSR count). The van der Waals surface area contributed by atoms with Crippen LogP contribution in [0.1, 0.15) is 39.2 Å². The summed E-state index contributed by atoms with van der Waals surface area (Å²) < 4.78 is 5.37. The monoisotopic (exact) mass is 388 g/mol. The normalized spacial score (nSPS) is 17.2. The van der Waals surface area contributed by atoms with Gasteiger partial charge < -0.3 is 14.7 Å². The van der Waals surface area contributed by atoms with Gasteiger partial charge in [-0.05, 0) is 19.8 Å². The molecule has 8 heteroatoms. The highest BCUT2D eigenvalue weighted by Gasteiger charge is 2.41. The van der Waals surface area contributed by atoms with E-state index in [1.165, 1.54) is 18.2 Å². The largest absolute Gasteiger partial charge is 0.478 e. The highest BCUT2D eigenvalue weighted by Crippen LogP contribution is 2.44. The topological polar surface area (TPSA) is 110 Å². The first kappa shape index (κ1) is 21.1. The maximum atomic E-state index is 12.9. The molecule has 0 amide bonds. The number of nitro benzene ring substituents is 1. The molecule has 1 N–H and O–H groups in total. The number of allylic oxidation sites excluding steroid dienone is 2. The molecule has 1 aliphatic heterocycles. The Balaban J connectivity index is 2.75. The van der Waals surface area contributed by atoms with Gasteiger partial charge >= 0.3 is 11.9 Å². The van der Waals surface area contributed by atoms with Crippen LogP contribution in [0.5, 0.6) is 0 Å². The molecule has 150 valence electrons. The Morgan fingerprint density at radius 2 is 1.79 bits per heavy atom. The third-order valence-corrected chi connectivity index (χ3v) is 4.81. The van der Waals surface area contributed by atoms with Crippen molar-refractivity contribution in [3.05, 3.63) is 62.5 Å². The average molecular weight is 388 g/mol. The zero-order valence-electron chi connectivity index (χ0n) is 16.6. The number of ether oxygens (including phenoxy) is 1. The predicted octanol–water partition coefficient (Wildman–Crippen LogP) is 3.46. The number of para-hydroxylation sites is 1. The number of esters is 1. The van der Waals surface area contributed by atoms with Gasteiger partial charge in [0.25, 0.3) is 5.69 Å². The van der Waals surface area contributed by atoms with Gasteiger partial charge in [-0.3, -0.25) is 10.1 Å². The van der Waals surface area contributed by atoms with Gasteiger partial charge in [0.05, 0.1) is 28.6 Å². The van der Waals surface area contributed by atoms with Crippen LogP contribution < -0.4 is 0 Å². The van der Waals surface area contributed by atoms with Gasteiger partial charge in [0, 0.05) is 30.1 Å². The van der Waals surface area contributed by atoms with Crippen molar-refractivity contribution >= 4 is 17.6 Å². The number of nitro groups is 1. The molecule has 0 aliphatic carbocycles. The first-order chi connectivity index (χ1) is 13.1. The van der Waals surface area contributed by atoms with Crippen molar-refractivity contribution in [3.63, 3.8) is 0 Å². The second-order valence-electron chi connectivity index (χ2n) is 7.10. The van der Waals surface area contributed by atoms with E-state index in [9.17, 15) is 24.8 Å². The van der Waals surface area contributed by atoms with E-state index >= 15 is 0 Å². The summed E-state index contributed by atoms with van der Waals surface area (Å²) in [6.07, 6.45) is 0. The van der Waals surface area contributed by atoms with E-state index < -0.39 is 22.8 Å². The fraction of sp³-hybridized carbons (Fsp3) is 0.400. The molecule has 1 aromatic rings. The molecule has 0 bridgehead atoms. The zero-order chi connectivity index (χ0) is 21.2. The minimum atomic E-state index is -1.24. The summed E-state index contributed by atoms with van der Waals surface area (Å²) in [4.78, 5) is 37.6. The fourth-order valence-electron chi connectivity index (χ4n) is 3.25. The second kappa shape index (κ2) is 8.24. The molecular weight excluding hydrogens is 364 g/mol. The van der Waals surface area contributed by atoms with Crippen molar-refractivity contribution in [2.75, 3.05) is 13.7 Å². The smallest absolute Gasteiger partial charge is 0.336 e. The molecule has 0 saturated heterocycles. The molecule has 28 heavy (non-hydrogen) atoms. The zero-order valence-corrected chi connectivity index (χ0v) is 16.6. The van der Waals surface area contributed by atoms with Crippen molar-refractivity contribution in [1.29, 1.82) is 0 Å². The summed E-state index contributed by atoms with van der Waals surface area (Å²) in [6, 6.07) is 5.87. The number of carboxylic acid groups (broad SMARTS) is 1. The van der Waals surface area contributed by atoms with Crippen molar-refractivity contribution in [2.45, 2.75) is 33.6 Å². The SMILES string of the molecule is CC1=C(C(=O)O)C(c2ccccc2[N+](=O)[O-])C(C(=O)OCC(C)C)=C(C)N1C. The molecule has 1 heterocycles.